The molecule has 0 saturated carbocycles. The monoisotopic (exact) mass is 477 g/mol. The third kappa shape index (κ3) is 5.33. The molecule has 3 rings (SSSR count). The Morgan fingerprint density at radius 3 is 2.42 bits per heavy atom. The van der Waals surface area contributed by atoms with E-state index in [4.69, 9.17) is 22.9 Å². The van der Waals surface area contributed by atoms with Crippen LogP contribution in [0.5, 0.6) is 11.5 Å². The van der Waals surface area contributed by atoms with Crippen LogP contribution in [0.25, 0.3) is 11.5 Å². The first kappa shape index (κ1) is 24.2. The second kappa shape index (κ2) is 10.5. The average molecular weight is 477 g/mol. The van der Waals surface area contributed by atoms with Crippen LogP contribution in [-0.4, -0.2) is 44.9 Å². The number of methoxy groups -OCH3 is 2. The number of nitrogens with zero attached hydrogens (tertiary/aromatic N) is 2. The Bertz CT molecular complexity index is 1170. The van der Waals surface area contributed by atoms with Crippen LogP contribution in [0.1, 0.15) is 5.56 Å². The zero-order valence-corrected chi connectivity index (χ0v) is 19.5. The summed E-state index contributed by atoms with van der Waals surface area (Å²) in [6.07, 6.45) is 0.566. The molecule has 2 aromatic carbocycles. The summed E-state index contributed by atoms with van der Waals surface area (Å²) in [5.74, 6) is 1.35. The van der Waals surface area contributed by atoms with Gasteiger partial charge in [0.15, 0.2) is 11.5 Å². The zero-order valence-electron chi connectivity index (χ0n) is 18.6. The molecule has 176 valence electrons. The van der Waals surface area contributed by atoms with Crippen molar-refractivity contribution < 1.29 is 32.4 Å². The summed E-state index contributed by atoms with van der Waals surface area (Å²) in [6.45, 7) is 0.388. The van der Waals surface area contributed by atoms with Gasteiger partial charge in [0.1, 0.15) is 0 Å². The van der Waals surface area contributed by atoms with E-state index in [1.54, 1.807) is 26.4 Å². The summed E-state index contributed by atoms with van der Waals surface area (Å²) in [5, 5.41) is 14.2. The molecule has 0 aliphatic heterocycles. The van der Waals surface area contributed by atoms with Gasteiger partial charge >= 0.3 is 7.60 Å². The van der Waals surface area contributed by atoms with Crippen LogP contribution in [0.3, 0.4) is 0 Å². The van der Waals surface area contributed by atoms with Crippen molar-refractivity contribution in [1.29, 1.82) is 0 Å². The van der Waals surface area contributed by atoms with Crippen molar-refractivity contribution in [2.45, 2.75) is 6.42 Å². The fourth-order valence-electron chi connectivity index (χ4n) is 3.09. The molecular formula is C21H24N3O8P. The van der Waals surface area contributed by atoms with E-state index >= 15 is 0 Å². The van der Waals surface area contributed by atoms with E-state index < -0.39 is 12.5 Å². The molecule has 0 bridgehead atoms. The molecule has 11 nitrogen and oxygen atoms in total. The molecular weight excluding hydrogens is 453 g/mol. The summed E-state index contributed by atoms with van der Waals surface area (Å²) in [7, 11) is 1.82. The number of oxazole rings is 1. The Morgan fingerprint density at radius 1 is 1.06 bits per heavy atom. The summed E-state index contributed by atoms with van der Waals surface area (Å²) >= 11 is 0. The molecule has 1 heterocycles. The Labute approximate surface area is 190 Å². The number of non-ortho nitro benzene ring substituents is 1. The Balaban J connectivity index is 1.88. The third-order valence-electron chi connectivity index (χ3n) is 4.80. The van der Waals surface area contributed by atoms with Crippen molar-refractivity contribution in [2.75, 3.05) is 40.3 Å². The van der Waals surface area contributed by atoms with E-state index in [0.29, 0.717) is 30.0 Å². The standard InChI is InChI=1S/C21H24N3O8P/c1-28-17-9-8-14(12-18(17)29-2)10-11-22-20-21(33(27,30-3)31-4)23-19(32-20)15-6-5-7-16(13-15)24(25)26/h5-9,12-13,22H,10-11H2,1-4H3. The zero-order chi connectivity index (χ0) is 24.0. The molecule has 0 aliphatic carbocycles. The van der Waals surface area contributed by atoms with Crippen molar-refractivity contribution in [1.82, 2.24) is 4.98 Å². The van der Waals surface area contributed by atoms with Gasteiger partial charge in [0.2, 0.25) is 17.2 Å². The largest absolute Gasteiger partial charge is 0.493 e. The van der Waals surface area contributed by atoms with Gasteiger partial charge in [-0.15, -0.1) is 0 Å². The molecule has 0 radical (unpaired) electrons. The predicted octanol–water partition coefficient (Wildman–Crippen LogP) is 4.03. The second-order valence-electron chi connectivity index (χ2n) is 6.71. The van der Waals surface area contributed by atoms with Crippen LogP contribution >= 0.6 is 7.60 Å². The maximum atomic E-state index is 13.0. The van der Waals surface area contributed by atoms with Gasteiger partial charge in [-0.25, -0.2) is 0 Å². The lowest BCUT2D eigenvalue weighted by Gasteiger charge is -2.13. The van der Waals surface area contributed by atoms with Crippen LogP contribution in [0.4, 0.5) is 11.6 Å². The van der Waals surface area contributed by atoms with Crippen LogP contribution in [0.2, 0.25) is 0 Å². The van der Waals surface area contributed by atoms with Crippen molar-refractivity contribution in [3.63, 3.8) is 0 Å². The summed E-state index contributed by atoms with van der Waals surface area (Å²) in [6, 6.07) is 11.3. The third-order valence-corrected chi connectivity index (χ3v) is 6.58. The number of hydrogen-bond donors (Lipinski definition) is 1. The van der Waals surface area contributed by atoms with Gasteiger partial charge < -0.3 is 28.3 Å². The quantitative estimate of drug-likeness (QED) is 0.245. The molecule has 33 heavy (non-hydrogen) atoms. The molecule has 0 unspecified atom stereocenters. The van der Waals surface area contributed by atoms with E-state index in [1.165, 1.54) is 32.4 Å². The molecule has 0 atom stereocenters. The minimum atomic E-state index is -3.77. The van der Waals surface area contributed by atoms with Crippen molar-refractivity contribution in [3.8, 4) is 23.0 Å². The Morgan fingerprint density at radius 2 is 1.79 bits per heavy atom. The van der Waals surface area contributed by atoms with Gasteiger partial charge in [-0.2, -0.15) is 4.98 Å². The lowest BCUT2D eigenvalue weighted by atomic mass is 10.1. The molecule has 3 aromatic rings. The van der Waals surface area contributed by atoms with E-state index in [-0.39, 0.29) is 22.9 Å². The average Bonchev–Trinajstić information content (AvgIpc) is 3.28. The topological polar surface area (TPSA) is 135 Å². The van der Waals surface area contributed by atoms with Gasteiger partial charge in [0, 0.05) is 38.5 Å². The number of benzene rings is 2. The maximum absolute atomic E-state index is 13.0. The number of anilines is 1. The Kier molecular flexibility index (Phi) is 7.70. The van der Waals surface area contributed by atoms with Crippen LogP contribution in [0, 0.1) is 10.1 Å². The van der Waals surface area contributed by atoms with Crippen molar-refractivity contribution in [2.24, 2.45) is 0 Å². The van der Waals surface area contributed by atoms with Gasteiger partial charge in [0.05, 0.1) is 19.1 Å². The van der Waals surface area contributed by atoms with Crippen LogP contribution in [0.15, 0.2) is 46.9 Å². The fourth-order valence-corrected chi connectivity index (χ4v) is 4.17. The highest BCUT2D eigenvalue weighted by Crippen LogP contribution is 2.47. The normalized spacial score (nSPS) is 11.3. The number of rotatable bonds is 11. The first-order valence-electron chi connectivity index (χ1n) is 9.77. The molecule has 1 aromatic heterocycles. The lowest BCUT2D eigenvalue weighted by Crippen LogP contribution is -2.16. The minimum Gasteiger partial charge on any atom is -0.493 e. The van der Waals surface area contributed by atoms with E-state index in [9.17, 15) is 14.7 Å². The van der Waals surface area contributed by atoms with Gasteiger partial charge in [-0.05, 0) is 30.2 Å². The van der Waals surface area contributed by atoms with Crippen molar-refractivity contribution >= 4 is 24.6 Å². The predicted molar refractivity (Wildman–Crippen MR) is 122 cm³/mol. The van der Waals surface area contributed by atoms with E-state index in [2.05, 4.69) is 10.3 Å². The number of ether oxygens (including phenoxy) is 2. The number of aromatic nitrogens is 1. The molecule has 0 fully saturated rings. The first-order chi connectivity index (χ1) is 15.8. The van der Waals surface area contributed by atoms with Gasteiger partial charge in [0.25, 0.3) is 5.69 Å². The SMILES string of the molecule is COc1ccc(CCNc2oc(-c3cccc([N+](=O)[O-])c3)nc2P(=O)(OC)OC)cc1OC. The summed E-state index contributed by atoms with van der Waals surface area (Å²) in [4.78, 5) is 14.9. The second-order valence-corrected chi connectivity index (χ2v) is 8.86. The smallest absolute Gasteiger partial charge is 0.384 e. The number of nitro groups is 1. The highest BCUT2D eigenvalue weighted by atomic mass is 31.2. The molecule has 1 N–H and O–H groups in total. The first-order valence-corrected chi connectivity index (χ1v) is 11.3. The van der Waals surface area contributed by atoms with Gasteiger partial charge in [-0.3, -0.25) is 14.7 Å². The van der Waals surface area contributed by atoms with E-state index in [0.717, 1.165) is 5.56 Å². The molecule has 0 saturated heterocycles. The maximum Gasteiger partial charge on any atom is 0.384 e. The molecule has 0 amide bonds. The lowest BCUT2D eigenvalue weighted by molar-refractivity contribution is -0.384. The summed E-state index contributed by atoms with van der Waals surface area (Å²) in [5.41, 5.74) is 1.12. The number of nitro benzene ring substituents is 1. The Hall–Kier alpha value is -3.40. The minimum absolute atomic E-state index is 0.0386. The highest BCUT2D eigenvalue weighted by molar-refractivity contribution is 7.62. The van der Waals surface area contributed by atoms with Crippen LogP contribution < -0.4 is 20.2 Å². The fraction of sp³-hybridized carbons (Fsp3) is 0.286. The summed E-state index contributed by atoms with van der Waals surface area (Å²) < 4.78 is 39.5. The molecule has 12 heteroatoms. The molecule has 0 aliphatic rings. The number of hydrogen-bond acceptors (Lipinski definition) is 10. The molecule has 0 spiro atoms. The highest BCUT2D eigenvalue weighted by Gasteiger charge is 2.34. The van der Waals surface area contributed by atoms with Gasteiger partial charge in [-0.1, -0.05) is 12.1 Å². The van der Waals surface area contributed by atoms with E-state index in [1.807, 2.05) is 12.1 Å². The van der Waals surface area contributed by atoms with Crippen molar-refractivity contribution in [3.05, 3.63) is 58.1 Å². The van der Waals surface area contributed by atoms with Crippen LogP contribution in [-0.2, 0) is 20.0 Å². The number of nitrogens with one attached hydrogen (secondary N) is 1.